The summed E-state index contributed by atoms with van der Waals surface area (Å²) in [4.78, 5) is 2.66. The van der Waals surface area contributed by atoms with E-state index in [1.807, 2.05) is 0 Å². The van der Waals surface area contributed by atoms with Crippen molar-refractivity contribution in [2.45, 2.75) is 32.1 Å². The molecule has 0 atom stereocenters. The summed E-state index contributed by atoms with van der Waals surface area (Å²) in [6.45, 7) is 5.83. The largest absolute Gasteiger partial charge is 0.381 e. The summed E-state index contributed by atoms with van der Waals surface area (Å²) in [7, 11) is 0. The molecule has 0 saturated carbocycles. The van der Waals surface area contributed by atoms with E-state index in [1.165, 1.54) is 51.7 Å². The van der Waals surface area contributed by atoms with Gasteiger partial charge >= 0.3 is 0 Å². The molecule has 0 aliphatic carbocycles. The maximum atomic E-state index is 5.48. The number of rotatable bonds is 3. The van der Waals surface area contributed by atoms with Gasteiger partial charge in [-0.1, -0.05) is 22.4 Å². The summed E-state index contributed by atoms with van der Waals surface area (Å²) < 4.78 is 5.48. The smallest absolute Gasteiger partial charge is 0.0472 e. The molecule has 0 amide bonds. The predicted octanol–water partition coefficient (Wildman–Crippen LogP) is 2.66. The minimum atomic E-state index is 0.496. The van der Waals surface area contributed by atoms with Crippen molar-refractivity contribution < 1.29 is 4.74 Å². The molecule has 0 radical (unpaired) electrons. The number of piperidine rings is 1. The Kier molecular flexibility index (Phi) is 4.47. The fraction of sp³-hybridized carbons (Fsp3) is 1.00. The molecule has 0 N–H and O–H groups in total. The summed E-state index contributed by atoms with van der Waals surface area (Å²) >= 11 is 3.71. The molecule has 0 aromatic heterocycles. The van der Waals surface area contributed by atoms with E-state index in [9.17, 15) is 0 Å². The van der Waals surface area contributed by atoms with E-state index in [-0.39, 0.29) is 0 Å². The Balaban J connectivity index is 1.87. The first-order valence-electron chi connectivity index (χ1n) is 6.21. The normalized spacial score (nSPS) is 27.8. The van der Waals surface area contributed by atoms with Crippen LogP contribution in [0.4, 0.5) is 0 Å². The lowest BCUT2D eigenvalue weighted by atomic mass is 9.81. The fourth-order valence-corrected chi connectivity index (χ4v) is 3.47. The first-order valence-corrected chi connectivity index (χ1v) is 7.33. The van der Waals surface area contributed by atoms with E-state index in [2.05, 4.69) is 20.8 Å². The van der Waals surface area contributed by atoms with Gasteiger partial charge in [0.1, 0.15) is 0 Å². The zero-order chi connectivity index (χ0) is 10.6. The van der Waals surface area contributed by atoms with Crippen LogP contribution in [0.15, 0.2) is 0 Å². The second kappa shape index (κ2) is 5.65. The molecule has 2 saturated heterocycles. The zero-order valence-electron chi connectivity index (χ0n) is 9.51. The molecule has 0 spiro atoms. The van der Waals surface area contributed by atoms with Crippen LogP contribution in [0.5, 0.6) is 0 Å². The number of hydrogen-bond donors (Lipinski definition) is 0. The second-order valence-corrected chi connectivity index (χ2v) is 5.64. The number of halogens is 1. The van der Waals surface area contributed by atoms with Gasteiger partial charge in [0.2, 0.25) is 0 Å². The van der Waals surface area contributed by atoms with Crippen LogP contribution in [0.2, 0.25) is 0 Å². The first-order chi connectivity index (χ1) is 7.35. The van der Waals surface area contributed by atoms with Gasteiger partial charge in [-0.15, -0.1) is 0 Å². The molecule has 3 heteroatoms. The maximum Gasteiger partial charge on any atom is 0.0472 e. The first kappa shape index (κ1) is 11.9. The average Bonchev–Trinajstić information content (AvgIpc) is 2.32. The molecule has 0 aromatic carbocycles. The second-order valence-electron chi connectivity index (χ2n) is 5.08. The van der Waals surface area contributed by atoms with E-state index in [4.69, 9.17) is 4.74 Å². The Labute approximate surface area is 101 Å². The van der Waals surface area contributed by atoms with Gasteiger partial charge < -0.3 is 9.64 Å². The Morgan fingerprint density at radius 3 is 2.33 bits per heavy atom. The number of likely N-dealkylation sites (tertiary alicyclic amines) is 1. The van der Waals surface area contributed by atoms with Crippen LogP contribution in [0.3, 0.4) is 0 Å². The average molecular weight is 276 g/mol. The highest BCUT2D eigenvalue weighted by Crippen LogP contribution is 2.34. The molecule has 0 aromatic rings. The number of alkyl halides is 1. The lowest BCUT2D eigenvalue weighted by Crippen LogP contribution is -2.44. The van der Waals surface area contributed by atoms with E-state index in [1.54, 1.807) is 0 Å². The fourth-order valence-electron chi connectivity index (χ4n) is 2.73. The molecule has 2 nitrogen and oxygen atoms in total. The topological polar surface area (TPSA) is 12.5 Å². The molecular formula is C12H22BrNO. The van der Waals surface area contributed by atoms with E-state index < -0.39 is 0 Å². The summed E-state index contributed by atoms with van der Waals surface area (Å²) in [6.07, 6.45) is 6.69. The van der Waals surface area contributed by atoms with Crippen molar-refractivity contribution in [1.82, 2.24) is 4.90 Å². The van der Waals surface area contributed by atoms with Crippen molar-refractivity contribution in [1.29, 1.82) is 0 Å². The Bertz CT molecular complexity index is 186. The number of ether oxygens (including phenoxy) is 1. The highest BCUT2D eigenvalue weighted by Gasteiger charge is 2.33. The molecule has 88 valence electrons. The van der Waals surface area contributed by atoms with Gasteiger partial charge in [0.25, 0.3) is 0 Å². The summed E-state index contributed by atoms with van der Waals surface area (Å²) in [5.41, 5.74) is 0.496. The third-order valence-corrected chi connectivity index (χ3v) is 5.03. The third-order valence-electron chi connectivity index (χ3n) is 3.84. The van der Waals surface area contributed by atoms with Crippen molar-refractivity contribution in [3.8, 4) is 0 Å². The van der Waals surface area contributed by atoms with Crippen LogP contribution >= 0.6 is 15.9 Å². The minimum Gasteiger partial charge on any atom is -0.381 e. The zero-order valence-corrected chi connectivity index (χ0v) is 11.1. The lowest BCUT2D eigenvalue weighted by molar-refractivity contribution is 0.00534. The van der Waals surface area contributed by atoms with Crippen molar-refractivity contribution >= 4 is 15.9 Å². The third kappa shape index (κ3) is 3.18. The standard InChI is InChI=1S/C12H22BrNO/c13-10-12(4-8-15-9-5-12)11-14-6-2-1-3-7-14/h1-11H2. The quantitative estimate of drug-likeness (QED) is 0.735. The van der Waals surface area contributed by atoms with Gasteiger partial charge in [-0.3, -0.25) is 0 Å². The molecule has 2 rings (SSSR count). The Hall–Kier alpha value is 0.400. The minimum absolute atomic E-state index is 0.496. The van der Waals surface area contributed by atoms with E-state index in [0.717, 1.165) is 18.5 Å². The Morgan fingerprint density at radius 2 is 1.73 bits per heavy atom. The van der Waals surface area contributed by atoms with Gasteiger partial charge in [-0.25, -0.2) is 0 Å². The van der Waals surface area contributed by atoms with Gasteiger partial charge in [0.15, 0.2) is 0 Å². The van der Waals surface area contributed by atoms with Crippen LogP contribution in [0, 0.1) is 5.41 Å². The van der Waals surface area contributed by atoms with E-state index >= 15 is 0 Å². The molecule has 0 unspecified atom stereocenters. The number of hydrogen-bond acceptors (Lipinski definition) is 2. The molecule has 15 heavy (non-hydrogen) atoms. The van der Waals surface area contributed by atoms with Crippen molar-refractivity contribution in [3.05, 3.63) is 0 Å². The van der Waals surface area contributed by atoms with Crippen LogP contribution in [0.1, 0.15) is 32.1 Å². The van der Waals surface area contributed by atoms with Crippen LogP contribution in [0.25, 0.3) is 0 Å². The van der Waals surface area contributed by atoms with Crippen LogP contribution in [-0.4, -0.2) is 43.1 Å². The molecule has 0 bridgehead atoms. The monoisotopic (exact) mass is 275 g/mol. The van der Waals surface area contributed by atoms with Crippen LogP contribution < -0.4 is 0 Å². The maximum absolute atomic E-state index is 5.48. The molecule has 2 heterocycles. The van der Waals surface area contributed by atoms with E-state index in [0.29, 0.717) is 5.41 Å². The number of nitrogens with zero attached hydrogens (tertiary/aromatic N) is 1. The summed E-state index contributed by atoms with van der Waals surface area (Å²) in [5, 5.41) is 1.14. The van der Waals surface area contributed by atoms with Crippen LogP contribution in [-0.2, 0) is 4.74 Å². The Morgan fingerprint density at radius 1 is 1.07 bits per heavy atom. The molecular weight excluding hydrogens is 254 g/mol. The molecule has 2 fully saturated rings. The highest BCUT2D eigenvalue weighted by molar-refractivity contribution is 9.09. The van der Waals surface area contributed by atoms with Gasteiger partial charge in [-0.2, -0.15) is 0 Å². The van der Waals surface area contributed by atoms with Crippen molar-refractivity contribution in [2.24, 2.45) is 5.41 Å². The molecule has 2 aliphatic rings. The summed E-state index contributed by atoms with van der Waals surface area (Å²) in [5.74, 6) is 0. The van der Waals surface area contributed by atoms with Crippen molar-refractivity contribution in [2.75, 3.05) is 38.2 Å². The molecule has 2 aliphatic heterocycles. The van der Waals surface area contributed by atoms with Gasteiger partial charge in [0.05, 0.1) is 0 Å². The summed E-state index contributed by atoms with van der Waals surface area (Å²) in [6, 6.07) is 0. The SMILES string of the molecule is BrCC1(CN2CCCCC2)CCOCC1. The lowest BCUT2D eigenvalue weighted by Gasteiger charge is -2.41. The van der Waals surface area contributed by atoms with Crippen molar-refractivity contribution in [3.63, 3.8) is 0 Å². The predicted molar refractivity (Wildman–Crippen MR) is 66.6 cm³/mol. The van der Waals surface area contributed by atoms with Gasteiger partial charge in [0, 0.05) is 25.1 Å². The highest BCUT2D eigenvalue weighted by atomic mass is 79.9. The van der Waals surface area contributed by atoms with Gasteiger partial charge in [-0.05, 0) is 44.2 Å².